The first-order valence-corrected chi connectivity index (χ1v) is 9.58. The highest BCUT2D eigenvalue weighted by Crippen LogP contribution is 2.24. The molecule has 0 aliphatic rings. The largest absolute Gasteiger partial charge is 0.493 e. The Hall–Kier alpha value is -3.69. The van der Waals surface area contributed by atoms with Crippen molar-refractivity contribution in [1.29, 1.82) is 0 Å². The summed E-state index contributed by atoms with van der Waals surface area (Å²) in [4.78, 5) is 35.9. The number of carbonyl (C=O) groups is 3. The van der Waals surface area contributed by atoms with E-state index in [4.69, 9.17) is 9.47 Å². The molecule has 0 fully saturated rings. The molecular formula is C22H23F2NO7. The Labute approximate surface area is 183 Å². The average Bonchev–Trinajstić information content (AvgIpc) is 2.78. The molecule has 10 heteroatoms. The highest BCUT2D eigenvalue weighted by molar-refractivity contribution is 5.95. The number of benzene rings is 2. The van der Waals surface area contributed by atoms with E-state index in [2.05, 4.69) is 14.8 Å². The Morgan fingerprint density at radius 1 is 1.00 bits per heavy atom. The molecule has 0 aromatic heterocycles. The minimum Gasteiger partial charge on any atom is -0.493 e. The fourth-order valence-electron chi connectivity index (χ4n) is 2.83. The van der Waals surface area contributed by atoms with Gasteiger partial charge in [-0.1, -0.05) is 6.07 Å². The van der Waals surface area contributed by atoms with Crippen molar-refractivity contribution < 1.29 is 42.1 Å². The summed E-state index contributed by atoms with van der Waals surface area (Å²) in [5.41, 5.74) is 0.777. The zero-order valence-electron chi connectivity index (χ0n) is 17.8. The topological polar surface area (TPSA) is 100 Å². The molecule has 0 saturated heterocycles. The smallest absolute Gasteiger partial charge is 0.412 e. The van der Waals surface area contributed by atoms with E-state index >= 15 is 0 Å². The highest BCUT2D eigenvalue weighted by atomic mass is 19.1. The molecule has 1 N–H and O–H groups in total. The molecular weight excluding hydrogens is 428 g/mol. The van der Waals surface area contributed by atoms with Crippen LogP contribution in [0.4, 0.5) is 19.3 Å². The molecule has 0 aliphatic carbocycles. The second kappa shape index (κ2) is 11.6. The van der Waals surface area contributed by atoms with E-state index in [0.717, 1.165) is 26.4 Å². The van der Waals surface area contributed by atoms with Crippen molar-refractivity contribution >= 4 is 23.7 Å². The Bertz CT molecular complexity index is 965. The van der Waals surface area contributed by atoms with Gasteiger partial charge in [0.05, 0.1) is 26.5 Å². The molecule has 0 aliphatic heterocycles. The van der Waals surface area contributed by atoms with Crippen LogP contribution in [0.3, 0.4) is 0 Å². The third kappa shape index (κ3) is 6.66. The second-order valence-electron chi connectivity index (χ2n) is 6.50. The van der Waals surface area contributed by atoms with Crippen molar-refractivity contribution in [3.63, 3.8) is 0 Å². The number of carbonyl (C=O) groups excluding carboxylic acids is 3. The van der Waals surface area contributed by atoms with Crippen molar-refractivity contribution in [3.8, 4) is 5.75 Å². The van der Waals surface area contributed by atoms with Crippen molar-refractivity contribution in [1.82, 2.24) is 0 Å². The van der Waals surface area contributed by atoms with Crippen LogP contribution in [0, 0.1) is 17.6 Å². The lowest BCUT2D eigenvalue weighted by molar-refractivity contribution is -0.158. The summed E-state index contributed by atoms with van der Waals surface area (Å²) in [6, 6.07) is 7.56. The van der Waals surface area contributed by atoms with E-state index in [1.807, 2.05) is 0 Å². The van der Waals surface area contributed by atoms with Gasteiger partial charge >= 0.3 is 18.0 Å². The van der Waals surface area contributed by atoms with Gasteiger partial charge in [0.1, 0.15) is 24.0 Å². The van der Waals surface area contributed by atoms with Gasteiger partial charge in [-0.2, -0.15) is 0 Å². The molecule has 2 aromatic carbocycles. The van der Waals surface area contributed by atoms with Gasteiger partial charge in [-0.25, -0.2) is 13.6 Å². The van der Waals surface area contributed by atoms with Gasteiger partial charge in [-0.3, -0.25) is 14.9 Å². The third-order valence-corrected chi connectivity index (χ3v) is 4.36. The van der Waals surface area contributed by atoms with E-state index in [0.29, 0.717) is 29.5 Å². The molecule has 1 amide bonds. The fourth-order valence-corrected chi connectivity index (χ4v) is 2.83. The van der Waals surface area contributed by atoms with E-state index < -0.39 is 35.6 Å². The van der Waals surface area contributed by atoms with Crippen LogP contribution in [0.15, 0.2) is 36.4 Å². The average molecular weight is 451 g/mol. The molecule has 0 unspecified atom stereocenters. The van der Waals surface area contributed by atoms with Crippen molar-refractivity contribution in [2.75, 3.05) is 26.1 Å². The normalized spacial score (nSPS) is 10.4. The maximum atomic E-state index is 13.7. The van der Waals surface area contributed by atoms with Crippen molar-refractivity contribution in [3.05, 3.63) is 59.2 Å². The SMILES string of the molecule is CCOc1ccc(CC(C(=O)OC)C(=O)OC)cc1COC(=O)Nc1ccc(F)cc1F. The lowest BCUT2D eigenvalue weighted by Gasteiger charge is -2.16. The minimum absolute atomic E-state index is 0.00820. The van der Waals surface area contributed by atoms with Crippen LogP contribution in [-0.4, -0.2) is 38.9 Å². The minimum atomic E-state index is -1.17. The summed E-state index contributed by atoms with van der Waals surface area (Å²) in [5.74, 6) is -3.97. The van der Waals surface area contributed by atoms with Gasteiger partial charge in [0.15, 0.2) is 5.92 Å². The number of amides is 1. The predicted molar refractivity (Wildman–Crippen MR) is 109 cm³/mol. The van der Waals surface area contributed by atoms with Crippen molar-refractivity contribution in [2.45, 2.75) is 20.0 Å². The molecule has 0 radical (unpaired) electrons. The zero-order valence-corrected chi connectivity index (χ0v) is 17.8. The van der Waals surface area contributed by atoms with Gasteiger partial charge in [-0.05, 0) is 43.2 Å². The third-order valence-electron chi connectivity index (χ3n) is 4.36. The molecule has 2 aromatic rings. The van der Waals surface area contributed by atoms with Gasteiger partial charge in [-0.15, -0.1) is 0 Å². The molecule has 172 valence electrons. The Kier molecular flexibility index (Phi) is 8.94. The van der Waals surface area contributed by atoms with Crippen LogP contribution in [0.25, 0.3) is 0 Å². The van der Waals surface area contributed by atoms with Gasteiger partial charge < -0.3 is 18.9 Å². The lowest BCUT2D eigenvalue weighted by atomic mass is 9.97. The summed E-state index contributed by atoms with van der Waals surface area (Å²) in [5, 5.41) is 2.19. The molecule has 0 atom stereocenters. The predicted octanol–water partition coefficient (Wildman–Crippen LogP) is 3.62. The number of hydrogen-bond acceptors (Lipinski definition) is 7. The number of ether oxygens (including phenoxy) is 4. The second-order valence-corrected chi connectivity index (χ2v) is 6.50. The maximum Gasteiger partial charge on any atom is 0.412 e. The summed E-state index contributed by atoms with van der Waals surface area (Å²) in [7, 11) is 2.33. The van der Waals surface area contributed by atoms with Crippen LogP contribution in [-0.2, 0) is 36.8 Å². The van der Waals surface area contributed by atoms with Crippen LogP contribution < -0.4 is 10.1 Å². The number of hydrogen-bond donors (Lipinski definition) is 1. The van der Waals surface area contributed by atoms with E-state index in [-0.39, 0.29) is 18.7 Å². The molecule has 0 saturated carbocycles. The van der Waals surface area contributed by atoms with E-state index in [1.54, 1.807) is 25.1 Å². The summed E-state index contributed by atoms with van der Waals surface area (Å²) < 4.78 is 46.6. The summed E-state index contributed by atoms with van der Waals surface area (Å²) in [6.45, 7) is 1.86. The molecule has 8 nitrogen and oxygen atoms in total. The molecule has 0 spiro atoms. The summed E-state index contributed by atoms with van der Waals surface area (Å²) in [6.07, 6.45) is -0.975. The number of esters is 2. The number of nitrogens with one attached hydrogen (secondary N) is 1. The van der Waals surface area contributed by atoms with Crippen LogP contribution in [0.5, 0.6) is 5.75 Å². The van der Waals surface area contributed by atoms with Crippen molar-refractivity contribution in [2.24, 2.45) is 5.92 Å². The Morgan fingerprint density at radius 2 is 1.69 bits per heavy atom. The molecule has 2 rings (SSSR count). The zero-order chi connectivity index (χ0) is 23.7. The molecule has 0 heterocycles. The standard InChI is InChI=1S/C22H23F2NO7/c1-4-31-19-8-5-13(10-16(20(26)29-2)21(27)30-3)9-14(19)12-32-22(28)25-18-7-6-15(23)11-17(18)24/h5-9,11,16H,4,10,12H2,1-3H3,(H,25,28). The fraction of sp³-hybridized carbons (Fsp3) is 0.318. The van der Waals surface area contributed by atoms with Gasteiger partial charge in [0.25, 0.3) is 0 Å². The lowest BCUT2D eigenvalue weighted by Crippen LogP contribution is -2.28. The Balaban J connectivity index is 2.15. The first-order valence-electron chi connectivity index (χ1n) is 9.58. The molecule has 0 bridgehead atoms. The quantitative estimate of drug-likeness (QED) is 0.353. The van der Waals surface area contributed by atoms with E-state index in [1.165, 1.54) is 0 Å². The van der Waals surface area contributed by atoms with Gasteiger partial charge in [0, 0.05) is 11.6 Å². The van der Waals surface area contributed by atoms with Crippen LogP contribution in [0.1, 0.15) is 18.1 Å². The maximum absolute atomic E-state index is 13.7. The molecule has 32 heavy (non-hydrogen) atoms. The van der Waals surface area contributed by atoms with Crippen LogP contribution >= 0.6 is 0 Å². The number of anilines is 1. The number of methoxy groups -OCH3 is 2. The number of rotatable bonds is 9. The first-order chi connectivity index (χ1) is 15.3. The Morgan fingerprint density at radius 3 is 2.28 bits per heavy atom. The van der Waals surface area contributed by atoms with E-state index in [9.17, 15) is 23.2 Å². The first kappa shape index (κ1) is 24.6. The summed E-state index contributed by atoms with van der Waals surface area (Å²) >= 11 is 0. The van der Waals surface area contributed by atoms with Gasteiger partial charge in [0.2, 0.25) is 0 Å². The monoisotopic (exact) mass is 451 g/mol. The number of halogens is 2. The van der Waals surface area contributed by atoms with Crippen LogP contribution in [0.2, 0.25) is 0 Å². The highest BCUT2D eigenvalue weighted by Gasteiger charge is 2.29.